The zero-order valence-corrected chi connectivity index (χ0v) is 29.0. The molecule has 53 heavy (non-hydrogen) atoms. The first-order valence-electron chi connectivity index (χ1n) is 16.5. The molecular weight excluding hydrogens is 694 g/mol. The van der Waals surface area contributed by atoms with Crippen LogP contribution in [-0.2, 0) is 51.2 Å². The van der Waals surface area contributed by atoms with E-state index in [2.05, 4.69) is 31.6 Å². The van der Waals surface area contributed by atoms with Crippen molar-refractivity contribution in [1.29, 1.82) is 0 Å². The Morgan fingerprint density at radius 3 is 1.91 bits per heavy atom. The maximum atomic E-state index is 13.9. The van der Waals surface area contributed by atoms with Gasteiger partial charge in [-0.3, -0.25) is 33.6 Å². The Labute approximate surface area is 303 Å². The van der Waals surface area contributed by atoms with Crippen molar-refractivity contribution in [1.82, 2.24) is 31.6 Å². The van der Waals surface area contributed by atoms with Gasteiger partial charge in [0.15, 0.2) is 0 Å². The number of aliphatic hydroxyl groups is 1. The second kappa shape index (κ2) is 19.3. The third-order valence-corrected chi connectivity index (χ3v) is 8.07. The number of aromatic amines is 1. The van der Waals surface area contributed by atoms with Crippen molar-refractivity contribution in [2.45, 2.75) is 82.3 Å². The molecule has 0 aliphatic carbocycles. The van der Waals surface area contributed by atoms with E-state index in [1.807, 2.05) is 0 Å². The Kier molecular flexibility index (Phi) is 15.0. The molecule has 0 unspecified atom stereocenters. The first-order valence-corrected chi connectivity index (χ1v) is 16.5. The maximum Gasteiger partial charge on any atom is 0.326 e. The Bertz CT molecular complexity index is 1800. The minimum atomic E-state index is -1.74. The summed E-state index contributed by atoms with van der Waals surface area (Å²) in [6.45, 7) is 2.27. The fourth-order valence-corrected chi connectivity index (χ4v) is 5.44. The molecule has 11 N–H and O–H groups in total. The van der Waals surface area contributed by atoms with Crippen LogP contribution in [0.4, 0.5) is 0 Å². The van der Waals surface area contributed by atoms with Gasteiger partial charge in [-0.1, -0.05) is 48.5 Å². The summed E-state index contributed by atoms with van der Waals surface area (Å²) in [4.78, 5) is 104. The van der Waals surface area contributed by atoms with Crippen LogP contribution in [0.5, 0.6) is 0 Å². The van der Waals surface area contributed by atoms with Gasteiger partial charge >= 0.3 is 11.9 Å². The lowest BCUT2D eigenvalue weighted by Gasteiger charge is -2.27. The highest BCUT2D eigenvalue weighted by Crippen LogP contribution is 2.19. The number of nitrogens with two attached hydrogens (primary N) is 1. The standard InChI is InChI=1S/C35H43N7O11/c1-18(43)30(34(51)41-27(35(52)53)14-20-8-4-3-5-9-20)42-31(48)24(12-13-29(46)47)39-32(49)25(15-21-17-37-23-11-7-6-10-22(21)23)40-33(50)26(16-28(36)45)38-19(2)44/h3-11,17-18,24-27,30,37,43H,12-16H2,1-2H3,(H2,36,45)(H,38,44)(H,39,49)(H,40,50)(H,41,51)(H,42,48)(H,46,47)(H,52,53)/t18-,24+,25+,26+,27+,30+/m1/s1. The largest absolute Gasteiger partial charge is 0.481 e. The molecule has 18 heteroatoms. The van der Waals surface area contributed by atoms with Crippen molar-refractivity contribution < 1.29 is 53.7 Å². The van der Waals surface area contributed by atoms with Crippen molar-refractivity contribution in [3.63, 3.8) is 0 Å². The van der Waals surface area contributed by atoms with Crippen molar-refractivity contribution in [2.75, 3.05) is 0 Å². The second-order valence-corrected chi connectivity index (χ2v) is 12.4. The summed E-state index contributed by atoms with van der Waals surface area (Å²) in [6, 6.07) is 7.66. The lowest BCUT2D eigenvalue weighted by molar-refractivity contribution is -0.143. The molecule has 0 fully saturated rings. The SMILES string of the molecule is CC(=O)N[C@@H](CC(N)=O)C(=O)N[C@@H](Cc1c[nH]c2ccccc12)C(=O)N[C@@H](CCC(=O)O)C(=O)N[C@H](C(=O)N[C@@H](Cc1ccccc1)C(=O)O)[C@@H](C)O. The van der Waals surface area contributed by atoms with Crippen molar-refractivity contribution in [2.24, 2.45) is 5.73 Å². The highest BCUT2D eigenvalue weighted by atomic mass is 16.4. The molecule has 3 rings (SSSR count). The first kappa shape index (κ1) is 41.1. The number of hydrogen-bond donors (Lipinski definition) is 10. The Hall–Kier alpha value is -6.30. The van der Waals surface area contributed by atoms with Gasteiger partial charge in [-0.15, -0.1) is 0 Å². The molecule has 3 aromatic rings. The summed E-state index contributed by atoms with van der Waals surface area (Å²) in [5.41, 5.74) is 7.10. The van der Waals surface area contributed by atoms with Crippen LogP contribution in [0.2, 0.25) is 0 Å². The van der Waals surface area contributed by atoms with E-state index in [0.29, 0.717) is 22.0 Å². The topological polar surface area (TPSA) is 299 Å². The van der Waals surface area contributed by atoms with Crippen LogP contribution < -0.4 is 32.3 Å². The van der Waals surface area contributed by atoms with Crippen LogP contribution in [0.3, 0.4) is 0 Å². The third kappa shape index (κ3) is 12.8. The van der Waals surface area contributed by atoms with E-state index in [9.17, 15) is 53.7 Å². The average molecular weight is 738 g/mol. The molecule has 0 saturated heterocycles. The Balaban J connectivity index is 1.88. The molecule has 0 aliphatic rings. The highest BCUT2D eigenvalue weighted by Gasteiger charge is 2.35. The number of H-pyrrole nitrogens is 1. The lowest BCUT2D eigenvalue weighted by atomic mass is 10.0. The van der Waals surface area contributed by atoms with Crippen LogP contribution in [0, 0.1) is 0 Å². The lowest BCUT2D eigenvalue weighted by Crippen LogP contribution is -2.61. The molecule has 1 heterocycles. The summed E-state index contributed by atoms with van der Waals surface area (Å²) in [5, 5.41) is 42.0. The molecule has 0 aliphatic heterocycles. The van der Waals surface area contributed by atoms with E-state index in [4.69, 9.17) is 5.73 Å². The van der Waals surface area contributed by atoms with Crippen LogP contribution in [0.1, 0.15) is 44.2 Å². The number of rotatable bonds is 20. The number of benzene rings is 2. The summed E-state index contributed by atoms with van der Waals surface area (Å²) in [5.74, 6) is -8.42. The minimum Gasteiger partial charge on any atom is -0.481 e. The number of amides is 6. The van der Waals surface area contributed by atoms with Crippen LogP contribution >= 0.6 is 0 Å². The number of carbonyl (C=O) groups is 8. The van der Waals surface area contributed by atoms with Crippen molar-refractivity contribution in [3.8, 4) is 0 Å². The van der Waals surface area contributed by atoms with Gasteiger partial charge in [-0.2, -0.15) is 0 Å². The zero-order chi connectivity index (χ0) is 39.2. The molecular formula is C35H43N7O11. The number of fused-ring (bicyclic) bond motifs is 1. The first-order chi connectivity index (χ1) is 25.0. The molecule has 0 spiro atoms. The normalized spacial score (nSPS) is 14.3. The number of carboxylic acids is 2. The van der Waals surface area contributed by atoms with Crippen LogP contribution in [0.25, 0.3) is 10.9 Å². The molecule has 0 bridgehead atoms. The van der Waals surface area contributed by atoms with Gasteiger partial charge in [0.2, 0.25) is 35.4 Å². The predicted octanol–water partition coefficient (Wildman–Crippen LogP) is -1.40. The van der Waals surface area contributed by atoms with Crippen molar-refractivity contribution >= 4 is 58.3 Å². The average Bonchev–Trinajstić information content (AvgIpc) is 3.50. The van der Waals surface area contributed by atoms with E-state index >= 15 is 0 Å². The van der Waals surface area contributed by atoms with E-state index < -0.39 is 103 Å². The number of nitrogens with one attached hydrogen (secondary N) is 6. The number of primary amides is 1. The smallest absolute Gasteiger partial charge is 0.326 e. The number of carbonyl (C=O) groups excluding carboxylic acids is 6. The Morgan fingerprint density at radius 1 is 0.717 bits per heavy atom. The van der Waals surface area contributed by atoms with Gasteiger partial charge in [0, 0.05) is 43.3 Å². The molecule has 0 radical (unpaired) electrons. The number of hydrogen-bond acceptors (Lipinski definition) is 9. The minimum absolute atomic E-state index is 0.120. The fraction of sp³-hybridized carbons (Fsp3) is 0.371. The van der Waals surface area contributed by atoms with Gasteiger partial charge < -0.3 is 52.6 Å². The summed E-state index contributed by atoms with van der Waals surface area (Å²) in [6.07, 6.45) is -2.03. The number of aromatic nitrogens is 1. The van der Waals surface area contributed by atoms with Gasteiger partial charge in [-0.05, 0) is 30.5 Å². The summed E-state index contributed by atoms with van der Waals surface area (Å²) in [7, 11) is 0. The van der Waals surface area contributed by atoms with Gasteiger partial charge in [0.25, 0.3) is 0 Å². The third-order valence-electron chi connectivity index (χ3n) is 8.07. The summed E-state index contributed by atoms with van der Waals surface area (Å²) < 4.78 is 0. The van der Waals surface area contributed by atoms with Gasteiger partial charge in [0.05, 0.1) is 12.5 Å². The highest BCUT2D eigenvalue weighted by molar-refractivity contribution is 5.97. The molecule has 6 amide bonds. The number of carboxylic acid groups (broad SMARTS) is 2. The predicted molar refractivity (Wildman–Crippen MR) is 187 cm³/mol. The molecule has 6 atom stereocenters. The molecule has 284 valence electrons. The van der Waals surface area contributed by atoms with Crippen LogP contribution in [-0.4, -0.2) is 104 Å². The zero-order valence-electron chi connectivity index (χ0n) is 29.0. The van der Waals surface area contributed by atoms with E-state index in [1.54, 1.807) is 60.8 Å². The number of aliphatic hydroxyl groups excluding tert-OH is 1. The number of para-hydroxylation sites is 1. The van der Waals surface area contributed by atoms with Crippen LogP contribution in [0.15, 0.2) is 60.8 Å². The van der Waals surface area contributed by atoms with Crippen molar-refractivity contribution in [3.05, 3.63) is 71.9 Å². The number of aliphatic carboxylic acids is 2. The van der Waals surface area contributed by atoms with Gasteiger partial charge in [-0.25, -0.2) is 4.79 Å². The summed E-state index contributed by atoms with van der Waals surface area (Å²) >= 11 is 0. The Morgan fingerprint density at radius 2 is 1.30 bits per heavy atom. The quantitative estimate of drug-likeness (QED) is 0.0643. The maximum absolute atomic E-state index is 13.9. The monoisotopic (exact) mass is 737 g/mol. The van der Waals surface area contributed by atoms with E-state index in [-0.39, 0.29) is 12.8 Å². The van der Waals surface area contributed by atoms with Gasteiger partial charge in [0.1, 0.15) is 30.2 Å². The molecule has 0 saturated carbocycles. The second-order valence-electron chi connectivity index (χ2n) is 12.4. The van der Waals surface area contributed by atoms with E-state index in [0.717, 1.165) is 13.8 Å². The molecule has 2 aromatic carbocycles. The fourth-order valence-electron chi connectivity index (χ4n) is 5.44. The molecule has 18 nitrogen and oxygen atoms in total. The molecule has 1 aromatic heterocycles. The van der Waals surface area contributed by atoms with E-state index in [1.165, 1.54) is 0 Å².